The Balaban J connectivity index is 2.03. The minimum absolute atomic E-state index is 0.000927. The highest BCUT2D eigenvalue weighted by molar-refractivity contribution is 7.89. The van der Waals surface area contributed by atoms with Crippen molar-refractivity contribution in [3.05, 3.63) is 11.6 Å². The third-order valence-electron chi connectivity index (χ3n) is 4.03. The van der Waals surface area contributed by atoms with E-state index in [2.05, 4.69) is 4.98 Å². The van der Waals surface area contributed by atoms with Gasteiger partial charge in [0.15, 0.2) is 15.8 Å². The summed E-state index contributed by atoms with van der Waals surface area (Å²) in [6, 6.07) is -0.410. The molecule has 1 aliphatic rings. The molecule has 0 aliphatic heterocycles. The second kappa shape index (κ2) is 5.24. The molecule has 0 bridgehead atoms. The molecule has 0 amide bonds. The van der Waals surface area contributed by atoms with Gasteiger partial charge in [0.05, 0.1) is 12.1 Å². The van der Waals surface area contributed by atoms with Crippen molar-refractivity contribution in [3.63, 3.8) is 0 Å². The van der Waals surface area contributed by atoms with Crippen molar-refractivity contribution in [3.8, 4) is 0 Å². The van der Waals surface area contributed by atoms with Crippen molar-refractivity contribution in [2.75, 3.05) is 12.8 Å². The lowest BCUT2D eigenvalue weighted by Crippen LogP contribution is -2.46. The summed E-state index contributed by atoms with van der Waals surface area (Å²) in [6.45, 7) is 0. The molecule has 1 saturated carbocycles. The van der Waals surface area contributed by atoms with E-state index >= 15 is 0 Å². The Kier molecular flexibility index (Phi) is 3.68. The van der Waals surface area contributed by atoms with Crippen molar-refractivity contribution >= 4 is 32.1 Å². The van der Waals surface area contributed by atoms with Gasteiger partial charge in [-0.2, -0.15) is 4.31 Å². The number of aromatic nitrogens is 2. The number of imidazole rings is 1. The normalized spacial score (nSPS) is 24.0. The number of nitrogens with two attached hydrogens (primary N) is 1. The lowest BCUT2D eigenvalue weighted by atomic mass is 9.93. The van der Waals surface area contributed by atoms with Gasteiger partial charge in [0.2, 0.25) is 0 Å². The summed E-state index contributed by atoms with van der Waals surface area (Å²) in [7, 11) is -2.30. The Bertz CT molecular complexity index is 752. The third kappa shape index (κ3) is 2.33. The molecular weight excluding hydrogens is 312 g/mol. The second-order valence-corrected chi connectivity index (χ2v) is 8.08. The number of aliphatic hydroxyl groups is 1. The molecule has 2 aromatic rings. The molecule has 0 spiro atoms. The van der Waals surface area contributed by atoms with E-state index in [1.807, 2.05) is 0 Å². The standard InChI is InChI=1S/C12H18N4O3S2/c1-15(8-4-2-3-5-9(8)17)21(18,19)11-10(13)14-12-16(11)6-7-20-12/h6-9,17H,2-5,13H2,1H3. The summed E-state index contributed by atoms with van der Waals surface area (Å²) in [5, 5.41) is 11.8. The minimum atomic E-state index is -3.80. The van der Waals surface area contributed by atoms with Crippen molar-refractivity contribution in [1.29, 1.82) is 0 Å². The second-order valence-electron chi connectivity index (χ2n) is 5.30. The number of hydrogen-bond donors (Lipinski definition) is 2. The average Bonchev–Trinajstić information content (AvgIpc) is 2.97. The Hall–Kier alpha value is -1.16. The van der Waals surface area contributed by atoms with Gasteiger partial charge >= 0.3 is 0 Å². The highest BCUT2D eigenvalue weighted by atomic mass is 32.2. The van der Waals surface area contributed by atoms with Gasteiger partial charge in [0.25, 0.3) is 10.0 Å². The summed E-state index contributed by atoms with van der Waals surface area (Å²) < 4.78 is 28.4. The fourth-order valence-corrected chi connectivity index (χ4v) is 5.23. The largest absolute Gasteiger partial charge is 0.391 e. The van der Waals surface area contributed by atoms with Crippen LogP contribution in [0, 0.1) is 0 Å². The summed E-state index contributed by atoms with van der Waals surface area (Å²) in [5.74, 6) is -0.000927. The third-order valence-corrected chi connectivity index (χ3v) is 6.71. The van der Waals surface area contributed by atoms with Crippen LogP contribution >= 0.6 is 11.3 Å². The van der Waals surface area contributed by atoms with Crippen LogP contribution in [0.1, 0.15) is 25.7 Å². The molecule has 1 aliphatic carbocycles. The van der Waals surface area contributed by atoms with E-state index in [9.17, 15) is 13.5 Å². The SMILES string of the molecule is CN(C1CCCCC1O)S(=O)(=O)c1c(N)nc2sccn12. The fraction of sp³-hybridized carbons (Fsp3) is 0.583. The Morgan fingerprint density at radius 1 is 1.48 bits per heavy atom. The number of likely N-dealkylation sites (N-methyl/N-ethyl adjacent to an activating group) is 1. The van der Waals surface area contributed by atoms with Crippen LogP contribution in [0.3, 0.4) is 0 Å². The minimum Gasteiger partial charge on any atom is -0.391 e. The van der Waals surface area contributed by atoms with Crippen LogP contribution in [-0.4, -0.2) is 46.4 Å². The predicted octanol–water partition coefficient (Wildman–Crippen LogP) is 0.902. The lowest BCUT2D eigenvalue weighted by molar-refractivity contribution is 0.0637. The van der Waals surface area contributed by atoms with Crippen LogP contribution in [-0.2, 0) is 10.0 Å². The molecule has 3 N–H and O–H groups in total. The van der Waals surface area contributed by atoms with E-state index in [0.29, 0.717) is 17.8 Å². The molecule has 1 fully saturated rings. The first-order chi connectivity index (χ1) is 9.93. The predicted molar refractivity (Wildman–Crippen MR) is 80.7 cm³/mol. The van der Waals surface area contributed by atoms with Gasteiger partial charge in [-0.3, -0.25) is 4.40 Å². The highest BCUT2D eigenvalue weighted by Gasteiger charge is 2.37. The van der Waals surface area contributed by atoms with Gasteiger partial charge < -0.3 is 10.8 Å². The van der Waals surface area contributed by atoms with Gasteiger partial charge in [-0.25, -0.2) is 13.4 Å². The van der Waals surface area contributed by atoms with E-state index in [0.717, 1.165) is 12.8 Å². The molecular formula is C12H18N4O3S2. The van der Waals surface area contributed by atoms with Crippen molar-refractivity contribution in [1.82, 2.24) is 13.7 Å². The van der Waals surface area contributed by atoms with Crippen molar-refractivity contribution in [2.24, 2.45) is 0 Å². The van der Waals surface area contributed by atoms with Gasteiger partial charge in [0, 0.05) is 18.6 Å². The number of nitrogen functional groups attached to an aromatic ring is 1. The summed E-state index contributed by atoms with van der Waals surface area (Å²) >= 11 is 1.33. The van der Waals surface area contributed by atoms with E-state index < -0.39 is 22.2 Å². The summed E-state index contributed by atoms with van der Waals surface area (Å²) in [5.41, 5.74) is 5.79. The van der Waals surface area contributed by atoms with Crippen molar-refractivity contribution < 1.29 is 13.5 Å². The molecule has 3 rings (SSSR count). The topological polar surface area (TPSA) is 101 Å². The Morgan fingerprint density at radius 2 is 2.19 bits per heavy atom. The quantitative estimate of drug-likeness (QED) is 0.871. The maximum atomic E-state index is 12.8. The number of rotatable bonds is 3. The lowest BCUT2D eigenvalue weighted by Gasteiger charge is -2.34. The summed E-state index contributed by atoms with van der Waals surface area (Å²) in [4.78, 5) is 4.62. The van der Waals surface area contributed by atoms with E-state index in [4.69, 9.17) is 5.73 Å². The van der Waals surface area contributed by atoms with Crippen LogP contribution in [0.4, 0.5) is 5.82 Å². The van der Waals surface area contributed by atoms with Gasteiger partial charge in [0.1, 0.15) is 0 Å². The Labute approximate surface area is 127 Å². The van der Waals surface area contributed by atoms with Gasteiger partial charge in [-0.05, 0) is 12.8 Å². The van der Waals surface area contributed by atoms with Crippen LogP contribution in [0.25, 0.3) is 4.96 Å². The molecule has 0 aromatic carbocycles. The van der Waals surface area contributed by atoms with Gasteiger partial charge in [-0.1, -0.05) is 12.8 Å². The van der Waals surface area contributed by atoms with Crippen LogP contribution < -0.4 is 5.73 Å². The number of fused-ring (bicyclic) bond motifs is 1. The van der Waals surface area contributed by atoms with Crippen molar-refractivity contribution in [2.45, 2.75) is 42.9 Å². The maximum absolute atomic E-state index is 12.8. The zero-order valence-corrected chi connectivity index (χ0v) is 13.3. The van der Waals surface area contributed by atoms with Crippen LogP contribution in [0.15, 0.2) is 16.6 Å². The molecule has 2 aromatic heterocycles. The molecule has 7 nitrogen and oxygen atoms in total. The monoisotopic (exact) mass is 330 g/mol. The van der Waals surface area contributed by atoms with Gasteiger partial charge in [-0.15, -0.1) is 11.3 Å². The van der Waals surface area contributed by atoms with Crippen LogP contribution in [0.2, 0.25) is 0 Å². The number of hydrogen-bond acceptors (Lipinski definition) is 6. The zero-order valence-electron chi connectivity index (χ0n) is 11.6. The first-order valence-corrected chi connectivity index (χ1v) is 9.12. The molecule has 9 heteroatoms. The first-order valence-electron chi connectivity index (χ1n) is 6.80. The van der Waals surface area contributed by atoms with E-state index in [1.165, 1.54) is 27.1 Å². The maximum Gasteiger partial charge on any atom is 0.262 e. The molecule has 2 unspecified atom stereocenters. The number of anilines is 1. The number of thiazole rings is 1. The van der Waals surface area contributed by atoms with Crippen LogP contribution in [0.5, 0.6) is 0 Å². The summed E-state index contributed by atoms with van der Waals surface area (Å²) in [6.07, 6.45) is 4.13. The molecule has 2 heterocycles. The average molecular weight is 330 g/mol. The molecule has 0 radical (unpaired) electrons. The smallest absolute Gasteiger partial charge is 0.262 e. The Morgan fingerprint density at radius 3 is 2.90 bits per heavy atom. The highest BCUT2D eigenvalue weighted by Crippen LogP contribution is 2.30. The molecule has 2 atom stereocenters. The number of sulfonamides is 1. The number of aliphatic hydroxyl groups excluding tert-OH is 1. The zero-order chi connectivity index (χ0) is 15.2. The van der Waals surface area contributed by atoms with E-state index in [-0.39, 0.29) is 10.8 Å². The number of nitrogens with zero attached hydrogens (tertiary/aromatic N) is 3. The molecule has 0 saturated heterocycles. The first kappa shape index (κ1) is 14.8. The molecule has 116 valence electrons. The van der Waals surface area contributed by atoms with E-state index in [1.54, 1.807) is 11.6 Å². The fourth-order valence-electron chi connectivity index (χ4n) is 2.87. The molecule has 21 heavy (non-hydrogen) atoms.